The number of rotatable bonds is 3. The highest BCUT2D eigenvalue weighted by Gasteiger charge is 2.54. The first-order chi connectivity index (χ1) is 14.4. The molecule has 4 nitrogen and oxygen atoms in total. The molecule has 154 valence electrons. The quantitative estimate of drug-likeness (QED) is 0.772. The third-order valence-electron chi connectivity index (χ3n) is 6.19. The fourth-order valence-electron chi connectivity index (χ4n) is 4.74. The minimum absolute atomic E-state index is 0.0618. The molecular formula is C25H25FN2O2. The van der Waals surface area contributed by atoms with E-state index in [-0.39, 0.29) is 11.7 Å². The highest BCUT2D eigenvalue weighted by molar-refractivity contribution is 5.41. The molecule has 0 spiro atoms. The number of pyridine rings is 1. The summed E-state index contributed by atoms with van der Waals surface area (Å²) in [5.74, 6) is 8.16. The second kappa shape index (κ2) is 8.20. The molecular weight excluding hydrogens is 379 g/mol. The topological polar surface area (TPSA) is 56.6 Å². The summed E-state index contributed by atoms with van der Waals surface area (Å²) in [4.78, 5) is 6.88. The zero-order chi connectivity index (χ0) is 21.3. The Balaban J connectivity index is 1.81. The molecule has 3 aliphatic rings. The standard InChI is InChI=1S/C25H25FN2O2/c1-3-24-25(30,19-12-14-28(24)15-13-19)22-11-10-21(9-4-17(2)29)27-23(22)16-18-5-7-20(26)8-6-18/h1,5-8,10-11,17,19,24,29-30H,12-16H2,2H3. The number of terminal acetylenes is 1. The number of aromatic nitrogens is 1. The van der Waals surface area contributed by atoms with Crippen molar-refractivity contribution >= 4 is 0 Å². The predicted molar refractivity (Wildman–Crippen MR) is 113 cm³/mol. The summed E-state index contributed by atoms with van der Waals surface area (Å²) in [5, 5.41) is 21.4. The molecule has 3 aliphatic heterocycles. The molecule has 3 atom stereocenters. The number of hydrogen-bond donors (Lipinski definition) is 2. The van der Waals surface area contributed by atoms with Gasteiger partial charge in [0.15, 0.2) is 0 Å². The second-order valence-corrected chi connectivity index (χ2v) is 8.14. The number of piperidine rings is 3. The van der Waals surface area contributed by atoms with Gasteiger partial charge in [0.1, 0.15) is 29.3 Å². The zero-order valence-electron chi connectivity index (χ0n) is 17.0. The molecule has 0 aliphatic carbocycles. The van der Waals surface area contributed by atoms with Gasteiger partial charge in [-0.25, -0.2) is 9.37 Å². The molecule has 2 aromatic rings. The van der Waals surface area contributed by atoms with E-state index in [9.17, 15) is 14.6 Å². The van der Waals surface area contributed by atoms with Crippen molar-refractivity contribution in [1.29, 1.82) is 0 Å². The van der Waals surface area contributed by atoms with Gasteiger partial charge in [0, 0.05) is 12.0 Å². The van der Waals surface area contributed by atoms with Crippen molar-refractivity contribution in [3.8, 4) is 24.2 Å². The fourth-order valence-corrected chi connectivity index (χ4v) is 4.74. The molecule has 0 amide bonds. The second-order valence-electron chi connectivity index (χ2n) is 8.14. The molecule has 3 fully saturated rings. The fraction of sp³-hybridized carbons (Fsp3) is 0.400. The van der Waals surface area contributed by atoms with Crippen molar-refractivity contribution in [2.45, 2.75) is 43.9 Å². The van der Waals surface area contributed by atoms with Gasteiger partial charge in [0.2, 0.25) is 0 Å². The van der Waals surface area contributed by atoms with Gasteiger partial charge in [-0.3, -0.25) is 4.90 Å². The first-order valence-electron chi connectivity index (χ1n) is 10.3. The SMILES string of the molecule is C#CC1N2CCC(CC2)C1(O)c1ccc(C#CC(C)O)nc1Cc1ccc(F)cc1. The molecule has 4 heterocycles. The van der Waals surface area contributed by atoms with E-state index in [1.807, 2.05) is 6.07 Å². The molecule has 5 rings (SSSR count). The molecule has 5 heteroatoms. The van der Waals surface area contributed by atoms with Crippen LogP contribution in [0.2, 0.25) is 0 Å². The summed E-state index contributed by atoms with van der Waals surface area (Å²) in [6.07, 6.45) is 7.30. The molecule has 0 radical (unpaired) electrons. The van der Waals surface area contributed by atoms with Gasteiger partial charge < -0.3 is 10.2 Å². The summed E-state index contributed by atoms with van der Waals surface area (Å²) in [5.41, 5.74) is 1.60. The van der Waals surface area contributed by atoms with Crippen LogP contribution in [0.1, 0.15) is 42.3 Å². The molecule has 2 bridgehead atoms. The van der Waals surface area contributed by atoms with Gasteiger partial charge in [0.05, 0.1) is 5.69 Å². The Hall–Kier alpha value is -2.70. The molecule has 30 heavy (non-hydrogen) atoms. The smallest absolute Gasteiger partial charge is 0.123 e. The minimum atomic E-state index is -1.19. The molecule has 3 unspecified atom stereocenters. The van der Waals surface area contributed by atoms with Crippen molar-refractivity contribution in [1.82, 2.24) is 9.88 Å². The van der Waals surface area contributed by atoms with E-state index in [2.05, 4.69) is 22.7 Å². The lowest BCUT2D eigenvalue weighted by Gasteiger charge is -2.54. The predicted octanol–water partition coefficient (Wildman–Crippen LogP) is 2.46. The van der Waals surface area contributed by atoms with Gasteiger partial charge in [0.25, 0.3) is 0 Å². The maximum absolute atomic E-state index is 13.4. The molecule has 1 aromatic carbocycles. The molecule has 2 N–H and O–H groups in total. The van der Waals surface area contributed by atoms with Crippen LogP contribution in [0.25, 0.3) is 0 Å². The first-order valence-corrected chi connectivity index (χ1v) is 10.3. The highest BCUT2D eigenvalue weighted by Crippen LogP contribution is 2.47. The van der Waals surface area contributed by atoms with Gasteiger partial charge >= 0.3 is 0 Å². The zero-order valence-corrected chi connectivity index (χ0v) is 17.0. The third kappa shape index (κ3) is 3.73. The van der Waals surface area contributed by atoms with Crippen LogP contribution in [0.3, 0.4) is 0 Å². The van der Waals surface area contributed by atoms with Crippen LogP contribution in [0, 0.1) is 35.9 Å². The van der Waals surface area contributed by atoms with E-state index in [1.54, 1.807) is 25.1 Å². The first kappa shape index (κ1) is 20.6. The van der Waals surface area contributed by atoms with Crippen molar-refractivity contribution in [3.63, 3.8) is 0 Å². The summed E-state index contributed by atoms with van der Waals surface area (Å²) >= 11 is 0. The Labute approximate surface area is 176 Å². The van der Waals surface area contributed by atoms with Crippen LogP contribution in [-0.2, 0) is 12.0 Å². The average Bonchev–Trinajstić information content (AvgIpc) is 2.75. The van der Waals surface area contributed by atoms with Crippen molar-refractivity contribution in [2.24, 2.45) is 5.92 Å². The number of hydrogen-bond acceptors (Lipinski definition) is 4. The van der Waals surface area contributed by atoms with Crippen molar-refractivity contribution in [3.05, 3.63) is 64.7 Å². The van der Waals surface area contributed by atoms with Gasteiger partial charge in [-0.05, 0) is 68.5 Å². The number of halogens is 1. The van der Waals surface area contributed by atoms with E-state index in [0.29, 0.717) is 23.4 Å². The lowest BCUT2D eigenvalue weighted by molar-refractivity contribution is -0.143. The van der Waals surface area contributed by atoms with E-state index >= 15 is 0 Å². The Kier molecular flexibility index (Phi) is 5.62. The van der Waals surface area contributed by atoms with Crippen LogP contribution in [0.5, 0.6) is 0 Å². The van der Waals surface area contributed by atoms with Gasteiger partial charge in [-0.1, -0.05) is 30.0 Å². The summed E-state index contributed by atoms with van der Waals surface area (Å²) in [6, 6.07) is 9.49. The highest BCUT2D eigenvalue weighted by atomic mass is 19.1. The van der Waals surface area contributed by atoms with E-state index in [4.69, 9.17) is 11.4 Å². The number of fused-ring (bicyclic) bond motifs is 3. The number of benzene rings is 1. The number of aliphatic hydroxyl groups is 2. The van der Waals surface area contributed by atoms with Crippen LogP contribution in [-0.4, -0.2) is 45.3 Å². The largest absolute Gasteiger partial charge is 0.382 e. The van der Waals surface area contributed by atoms with Crippen LogP contribution in [0.4, 0.5) is 4.39 Å². The van der Waals surface area contributed by atoms with Crippen LogP contribution >= 0.6 is 0 Å². The lowest BCUT2D eigenvalue weighted by Crippen LogP contribution is -2.63. The molecule has 3 saturated heterocycles. The van der Waals surface area contributed by atoms with E-state index < -0.39 is 17.7 Å². The Bertz CT molecular complexity index is 1020. The Morgan fingerprint density at radius 2 is 1.93 bits per heavy atom. The number of nitrogens with zero attached hydrogens (tertiary/aromatic N) is 2. The maximum atomic E-state index is 13.4. The minimum Gasteiger partial charge on any atom is -0.382 e. The van der Waals surface area contributed by atoms with Crippen LogP contribution < -0.4 is 0 Å². The number of aliphatic hydroxyl groups excluding tert-OH is 1. The average molecular weight is 404 g/mol. The Morgan fingerprint density at radius 1 is 1.23 bits per heavy atom. The summed E-state index contributed by atoms with van der Waals surface area (Å²) in [7, 11) is 0. The molecule has 1 aromatic heterocycles. The van der Waals surface area contributed by atoms with E-state index in [1.165, 1.54) is 12.1 Å². The van der Waals surface area contributed by atoms with Crippen LogP contribution in [0.15, 0.2) is 36.4 Å². The maximum Gasteiger partial charge on any atom is 0.123 e. The van der Waals surface area contributed by atoms with Crippen molar-refractivity contribution in [2.75, 3.05) is 13.1 Å². The normalized spacial score (nSPS) is 28.3. The molecule has 0 saturated carbocycles. The third-order valence-corrected chi connectivity index (χ3v) is 6.19. The lowest BCUT2D eigenvalue weighted by atomic mass is 9.66. The van der Waals surface area contributed by atoms with Gasteiger partial charge in [-0.2, -0.15) is 0 Å². The summed E-state index contributed by atoms with van der Waals surface area (Å²) < 4.78 is 13.4. The van der Waals surface area contributed by atoms with Gasteiger partial charge in [-0.15, -0.1) is 6.42 Å². The van der Waals surface area contributed by atoms with Crippen molar-refractivity contribution < 1.29 is 14.6 Å². The Morgan fingerprint density at radius 3 is 2.57 bits per heavy atom. The monoisotopic (exact) mass is 404 g/mol. The van der Waals surface area contributed by atoms with E-state index in [0.717, 1.165) is 31.5 Å². The summed E-state index contributed by atoms with van der Waals surface area (Å²) in [6.45, 7) is 3.37.